The van der Waals surface area contributed by atoms with E-state index in [1.54, 1.807) is 0 Å². The molecule has 20 heavy (non-hydrogen) atoms. The van der Waals surface area contributed by atoms with Gasteiger partial charge in [0.25, 0.3) is 0 Å². The predicted octanol–water partition coefficient (Wildman–Crippen LogP) is 6.00. The number of halogens is 2. The molecule has 0 amide bonds. The molecule has 0 aliphatic rings. The Balaban J connectivity index is 2.33. The molecule has 0 spiro atoms. The number of benzene rings is 2. The van der Waals surface area contributed by atoms with E-state index in [4.69, 9.17) is 11.6 Å². The van der Waals surface area contributed by atoms with E-state index in [1.807, 2.05) is 12.1 Å². The van der Waals surface area contributed by atoms with Crippen molar-refractivity contribution in [1.29, 1.82) is 0 Å². The molecule has 0 bridgehead atoms. The lowest BCUT2D eigenvalue weighted by molar-refractivity contribution is 0.648. The molecule has 1 unspecified atom stereocenters. The molecular weight excluding hydrogens is 334 g/mol. The normalized spacial score (nSPS) is 12.2. The van der Waals surface area contributed by atoms with Crippen LogP contribution in [0.4, 0.5) is 5.69 Å². The lowest BCUT2D eigenvalue weighted by Crippen LogP contribution is -2.23. The van der Waals surface area contributed by atoms with Gasteiger partial charge in [0.05, 0.1) is 6.04 Å². The van der Waals surface area contributed by atoms with Crippen LogP contribution in [0, 0.1) is 6.92 Å². The van der Waals surface area contributed by atoms with Crippen molar-refractivity contribution >= 4 is 33.2 Å². The van der Waals surface area contributed by atoms with Gasteiger partial charge in [-0.1, -0.05) is 52.7 Å². The maximum atomic E-state index is 6.13. The van der Waals surface area contributed by atoms with E-state index in [-0.39, 0.29) is 0 Å². The minimum Gasteiger partial charge on any atom is -0.368 e. The molecule has 2 aromatic rings. The summed E-state index contributed by atoms with van der Waals surface area (Å²) in [7, 11) is 2.14. The quantitative estimate of drug-likeness (QED) is 0.652. The van der Waals surface area contributed by atoms with Crippen molar-refractivity contribution in [3.05, 3.63) is 63.1 Å². The van der Waals surface area contributed by atoms with Crippen LogP contribution in [0.25, 0.3) is 0 Å². The van der Waals surface area contributed by atoms with E-state index in [2.05, 4.69) is 72.1 Å². The minimum atomic E-state index is 0.347. The first-order chi connectivity index (χ1) is 9.52. The van der Waals surface area contributed by atoms with Crippen LogP contribution >= 0.6 is 27.5 Å². The van der Waals surface area contributed by atoms with Crippen LogP contribution in [0.5, 0.6) is 0 Å². The zero-order valence-electron chi connectivity index (χ0n) is 12.0. The molecule has 0 radical (unpaired) electrons. The van der Waals surface area contributed by atoms with Crippen molar-refractivity contribution in [3.63, 3.8) is 0 Å². The monoisotopic (exact) mass is 351 g/mol. The van der Waals surface area contributed by atoms with Gasteiger partial charge in [0, 0.05) is 22.2 Å². The number of hydrogen-bond donors (Lipinski definition) is 0. The van der Waals surface area contributed by atoms with Crippen LogP contribution in [0.15, 0.2) is 46.9 Å². The van der Waals surface area contributed by atoms with E-state index in [0.717, 1.165) is 21.5 Å². The van der Waals surface area contributed by atoms with Gasteiger partial charge in [0.15, 0.2) is 0 Å². The SMILES string of the molecule is CCC(c1ccc(Cl)c(C)c1)N(C)c1cccc(Br)c1. The minimum absolute atomic E-state index is 0.347. The fourth-order valence-corrected chi connectivity index (χ4v) is 2.99. The summed E-state index contributed by atoms with van der Waals surface area (Å²) in [5.41, 5.74) is 3.64. The molecule has 2 rings (SSSR count). The highest BCUT2D eigenvalue weighted by Crippen LogP contribution is 2.31. The van der Waals surface area contributed by atoms with Gasteiger partial charge >= 0.3 is 0 Å². The first-order valence-electron chi connectivity index (χ1n) is 6.77. The summed E-state index contributed by atoms with van der Waals surface area (Å²) < 4.78 is 1.10. The summed E-state index contributed by atoms with van der Waals surface area (Å²) in [5.74, 6) is 0. The van der Waals surface area contributed by atoms with Crippen molar-refractivity contribution in [1.82, 2.24) is 0 Å². The van der Waals surface area contributed by atoms with Gasteiger partial charge in [0.2, 0.25) is 0 Å². The van der Waals surface area contributed by atoms with Gasteiger partial charge in [0.1, 0.15) is 0 Å². The molecule has 0 aromatic heterocycles. The van der Waals surface area contributed by atoms with Crippen molar-refractivity contribution in [2.75, 3.05) is 11.9 Å². The third-order valence-corrected chi connectivity index (χ3v) is 4.55. The van der Waals surface area contributed by atoms with Crippen LogP contribution in [0.3, 0.4) is 0 Å². The molecular formula is C17H19BrClN. The van der Waals surface area contributed by atoms with Gasteiger partial charge in [-0.3, -0.25) is 0 Å². The van der Waals surface area contributed by atoms with Crippen LogP contribution in [-0.2, 0) is 0 Å². The largest absolute Gasteiger partial charge is 0.368 e. The predicted molar refractivity (Wildman–Crippen MR) is 91.8 cm³/mol. The smallest absolute Gasteiger partial charge is 0.0536 e. The highest BCUT2D eigenvalue weighted by atomic mass is 79.9. The van der Waals surface area contributed by atoms with E-state index in [9.17, 15) is 0 Å². The summed E-state index contributed by atoms with van der Waals surface area (Å²) >= 11 is 9.66. The topological polar surface area (TPSA) is 3.24 Å². The summed E-state index contributed by atoms with van der Waals surface area (Å²) in [6, 6.07) is 15.0. The van der Waals surface area contributed by atoms with Crippen LogP contribution in [0.2, 0.25) is 5.02 Å². The van der Waals surface area contributed by atoms with Gasteiger partial charge in [-0.15, -0.1) is 0 Å². The maximum Gasteiger partial charge on any atom is 0.0536 e. The van der Waals surface area contributed by atoms with Crippen LogP contribution in [0.1, 0.15) is 30.5 Å². The fourth-order valence-electron chi connectivity index (χ4n) is 2.48. The highest BCUT2D eigenvalue weighted by Gasteiger charge is 2.16. The second-order valence-corrected chi connectivity index (χ2v) is 6.35. The fraction of sp³-hybridized carbons (Fsp3) is 0.294. The third kappa shape index (κ3) is 3.36. The molecule has 3 heteroatoms. The van der Waals surface area contributed by atoms with E-state index in [1.165, 1.54) is 11.3 Å². The lowest BCUT2D eigenvalue weighted by atomic mass is 10.0. The number of aryl methyl sites for hydroxylation is 1. The molecule has 0 fully saturated rings. The zero-order chi connectivity index (χ0) is 14.7. The van der Waals surface area contributed by atoms with Gasteiger partial charge < -0.3 is 4.90 Å². The number of nitrogens with zero attached hydrogens (tertiary/aromatic N) is 1. The Labute approximate surface area is 134 Å². The summed E-state index contributed by atoms with van der Waals surface area (Å²) in [6.07, 6.45) is 1.05. The zero-order valence-corrected chi connectivity index (χ0v) is 14.4. The molecule has 2 aromatic carbocycles. The Hall–Kier alpha value is -0.990. The maximum absolute atomic E-state index is 6.13. The third-order valence-electron chi connectivity index (χ3n) is 3.64. The summed E-state index contributed by atoms with van der Waals surface area (Å²) in [5, 5.41) is 0.828. The Morgan fingerprint density at radius 2 is 1.95 bits per heavy atom. The standard InChI is InChI=1S/C17H19BrClN/c1-4-17(13-8-9-16(19)12(2)10-13)20(3)15-7-5-6-14(18)11-15/h5-11,17H,4H2,1-3H3. The molecule has 0 aliphatic carbocycles. The van der Waals surface area contributed by atoms with Crippen LogP contribution in [-0.4, -0.2) is 7.05 Å². The molecule has 0 saturated heterocycles. The molecule has 1 atom stereocenters. The summed E-state index contributed by atoms with van der Waals surface area (Å²) in [4.78, 5) is 2.31. The van der Waals surface area contributed by atoms with Crippen molar-refractivity contribution in [2.24, 2.45) is 0 Å². The lowest BCUT2D eigenvalue weighted by Gasteiger charge is -2.30. The molecule has 0 saturated carbocycles. The van der Waals surface area contributed by atoms with Crippen molar-refractivity contribution in [2.45, 2.75) is 26.3 Å². The Bertz CT molecular complexity index is 597. The second-order valence-electron chi connectivity index (χ2n) is 5.02. The van der Waals surface area contributed by atoms with Gasteiger partial charge in [-0.25, -0.2) is 0 Å². The first kappa shape index (κ1) is 15.4. The average molecular weight is 353 g/mol. The van der Waals surface area contributed by atoms with Crippen molar-refractivity contribution < 1.29 is 0 Å². The molecule has 0 heterocycles. The highest BCUT2D eigenvalue weighted by molar-refractivity contribution is 9.10. The number of hydrogen-bond acceptors (Lipinski definition) is 1. The average Bonchev–Trinajstić information content (AvgIpc) is 2.43. The molecule has 0 aliphatic heterocycles. The van der Waals surface area contributed by atoms with E-state index < -0.39 is 0 Å². The first-order valence-corrected chi connectivity index (χ1v) is 7.94. The molecule has 1 nitrogen and oxygen atoms in total. The Kier molecular flexibility index (Phi) is 5.11. The number of anilines is 1. The number of rotatable bonds is 4. The van der Waals surface area contributed by atoms with Crippen molar-refractivity contribution in [3.8, 4) is 0 Å². The Morgan fingerprint density at radius 1 is 1.20 bits per heavy atom. The van der Waals surface area contributed by atoms with Crippen LogP contribution < -0.4 is 4.90 Å². The van der Waals surface area contributed by atoms with Gasteiger partial charge in [-0.05, 0) is 48.7 Å². The molecule has 106 valence electrons. The summed E-state index contributed by atoms with van der Waals surface area (Å²) in [6.45, 7) is 4.26. The molecule has 0 N–H and O–H groups in total. The van der Waals surface area contributed by atoms with Gasteiger partial charge in [-0.2, -0.15) is 0 Å². The Morgan fingerprint density at radius 3 is 2.55 bits per heavy atom. The van der Waals surface area contributed by atoms with E-state index in [0.29, 0.717) is 6.04 Å². The van der Waals surface area contributed by atoms with E-state index >= 15 is 0 Å². The second kappa shape index (κ2) is 6.64.